The summed E-state index contributed by atoms with van der Waals surface area (Å²) in [5, 5.41) is 18.7. The van der Waals surface area contributed by atoms with Gasteiger partial charge in [0.25, 0.3) is 5.91 Å². The number of esters is 1. The van der Waals surface area contributed by atoms with Gasteiger partial charge in [0.1, 0.15) is 5.70 Å². The number of benzene rings is 1. The third-order valence-electron chi connectivity index (χ3n) is 2.57. The minimum absolute atomic E-state index is 0.00335. The van der Waals surface area contributed by atoms with Crippen molar-refractivity contribution in [3.63, 3.8) is 0 Å². The van der Waals surface area contributed by atoms with Crippen LogP contribution in [0.4, 0.5) is 5.69 Å². The van der Waals surface area contributed by atoms with Crippen LogP contribution in [0.25, 0.3) is 0 Å². The third kappa shape index (κ3) is 6.06. The molecule has 0 fully saturated rings. The standard InChI is InChI=1S/C13H17N3O6S/c1-22-12(18)8-11(13(19)15-6-7-17)16-9-2-4-10(5-3-9)23(14,20)21/h2-5,8,16-17H,6-7H2,1H3,(H,15,19)(H2,14,20,21)/b11-8-. The number of rotatable bonds is 7. The maximum atomic E-state index is 11.9. The highest BCUT2D eigenvalue weighted by molar-refractivity contribution is 7.89. The summed E-state index contributed by atoms with van der Waals surface area (Å²) in [6.07, 6.45) is 0.931. The molecule has 0 aromatic heterocycles. The summed E-state index contributed by atoms with van der Waals surface area (Å²) in [7, 11) is -2.67. The van der Waals surface area contributed by atoms with Crippen molar-refractivity contribution < 1.29 is 27.9 Å². The first-order valence-electron chi connectivity index (χ1n) is 6.36. The van der Waals surface area contributed by atoms with Crippen LogP contribution >= 0.6 is 0 Å². The maximum absolute atomic E-state index is 11.9. The summed E-state index contributed by atoms with van der Waals surface area (Å²) in [6, 6.07) is 5.26. The number of ether oxygens (including phenoxy) is 1. The summed E-state index contributed by atoms with van der Waals surface area (Å²) in [6.45, 7) is -0.260. The zero-order valence-electron chi connectivity index (χ0n) is 12.3. The minimum atomic E-state index is -3.82. The highest BCUT2D eigenvalue weighted by Gasteiger charge is 2.13. The predicted octanol–water partition coefficient (Wildman–Crippen LogP) is -1.09. The van der Waals surface area contributed by atoms with Gasteiger partial charge in [-0.05, 0) is 24.3 Å². The SMILES string of the molecule is COC(=O)/C=C(\Nc1ccc(S(N)(=O)=O)cc1)C(=O)NCCO. The minimum Gasteiger partial charge on any atom is -0.466 e. The number of amides is 1. The van der Waals surface area contributed by atoms with Crippen molar-refractivity contribution in [1.29, 1.82) is 0 Å². The van der Waals surface area contributed by atoms with Crippen molar-refractivity contribution in [2.24, 2.45) is 5.14 Å². The highest BCUT2D eigenvalue weighted by atomic mass is 32.2. The van der Waals surface area contributed by atoms with Crippen LogP contribution in [0.2, 0.25) is 0 Å². The van der Waals surface area contributed by atoms with E-state index in [1.165, 1.54) is 24.3 Å². The summed E-state index contributed by atoms with van der Waals surface area (Å²) in [4.78, 5) is 23.1. The number of aliphatic hydroxyl groups is 1. The summed E-state index contributed by atoms with van der Waals surface area (Å²) in [5.41, 5.74) is 0.223. The van der Waals surface area contributed by atoms with E-state index in [-0.39, 0.29) is 23.7 Å². The Morgan fingerprint density at radius 2 is 1.91 bits per heavy atom. The molecule has 0 bridgehead atoms. The molecule has 0 radical (unpaired) electrons. The molecule has 0 spiro atoms. The van der Waals surface area contributed by atoms with Gasteiger partial charge in [0.15, 0.2) is 0 Å². The van der Waals surface area contributed by atoms with Gasteiger partial charge in [-0.15, -0.1) is 0 Å². The second-order valence-electron chi connectivity index (χ2n) is 4.26. The molecule has 0 aliphatic rings. The van der Waals surface area contributed by atoms with Crippen LogP contribution in [-0.4, -0.2) is 45.7 Å². The van der Waals surface area contributed by atoms with E-state index in [9.17, 15) is 18.0 Å². The molecule has 0 saturated heterocycles. The molecule has 0 atom stereocenters. The Hall–Kier alpha value is -2.43. The van der Waals surface area contributed by atoms with Gasteiger partial charge in [-0.2, -0.15) is 0 Å². The van der Waals surface area contributed by atoms with Crippen molar-refractivity contribution in [2.75, 3.05) is 25.6 Å². The van der Waals surface area contributed by atoms with Crippen LogP contribution in [0, 0.1) is 0 Å². The van der Waals surface area contributed by atoms with Gasteiger partial charge in [0, 0.05) is 12.2 Å². The van der Waals surface area contributed by atoms with E-state index in [4.69, 9.17) is 10.2 Å². The van der Waals surface area contributed by atoms with Gasteiger partial charge in [-0.3, -0.25) is 4.79 Å². The number of aliphatic hydroxyl groups excluding tert-OH is 1. The van der Waals surface area contributed by atoms with Crippen molar-refractivity contribution >= 4 is 27.6 Å². The Kier molecular flexibility index (Phi) is 6.69. The average Bonchev–Trinajstić information content (AvgIpc) is 2.51. The van der Waals surface area contributed by atoms with E-state index in [0.29, 0.717) is 5.69 Å². The average molecular weight is 343 g/mol. The molecule has 23 heavy (non-hydrogen) atoms. The van der Waals surface area contributed by atoms with Crippen LogP contribution in [0.5, 0.6) is 0 Å². The molecule has 1 amide bonds. The number of methoxy groups -OCH3 is 1. The first kappa shape index (κ1) is 18.6. The Labute approximate surface area is 133 Å². The molecule has 1 aromatic carbocycles. The van der Waals surface area contributed by atoms with Crippen LogP contribution < -0.4 is 15.8 Å². The van der Waals surface area contributed by atoms with Crippen LogP contribution in [0.3, 0.4) is 0 Å². The Balaban J connectivity index is 2.99. The van der Waals surface area contributed by atoms with E-state index in [1.54, 1.807) is 0 Å². The number of anilines is 1. The van der Waals surface area contributed by atoms with Gasteiger partial charge >= 0.3 is 5.97 Å². The zero-order valence-corrected chi connectivity index (χ0v) is 13.1. The normalized spacial score (nSPS) is 11.7. The lowest BCUT2D eigenvalue weighted by Crippen LogP contribution is -2.31. The number of sulfonamides is 1. The molecular formula is C13H17N3O6S. The van der Waals surface area contributed by atoms with E-state index in [1.807, 2.05) is 0 Å². The smallest absolute Gasteiger partial charge is 0.332 e. The van der Waals surface area contributed by atoms with Gasteiger partial charge in [-0.25, -0.2) is 18.4 Å². The number of nitrogens with one attached hydrogen (secondary N) is 2. The molecule has 0 saturated carbocycles. The number of carbonyl (C=O) groups excluding carboxylic acids is 2. The van der Waals surface area contributed by atoms with Crippen molar-refractivity contribution in [1.82, 2.24) is 5.32 Å². The van der Waals surface area contributed by atoms with E-state index in [2.05, 4.69) is 15.4 Å². The highest BCUT2D eigenvalue weighted by Crippen LogP contribution is 2.14. The number of hydrogen-bond donors (Lipinski definition) is 4. The van der Waals surface area contributed by atoms with Crippen LogP contribution in [0.1, 0.15) is 0 Å². The van der Waals surface area contributed by atoms with Gasteiger partial charge in [0.2, 0.25) is 10.0 Å². The molecule has 5 N–H and O–H groups in total. The second-order valence-corrected chi connectivity index (χ2v) is 5.82. The molecule has 1 rings (SSSR count). The summed E-state index contributed by atoms with van der Waals surface area (Å²) in [5.74, 6) is -1.40. The zero-order chi connectivity index (χ0) is 17.5. The van der Waals surface area contributed by atoms with Crippen molar-refractivity contribution in [3.05, 3.63) is 36.0 Å². The van der Waals surface area contributed by atoms with Gasteiger partial charge in [0.05, 0.1) is 24.7 Å². The molecular weight excluding hydrogens is 326 g/mol. The first-order chi connectivity index (χ1) is 10.8. The lowest BCUT2D eigenvalue weighted by Gasteiger charge is -2.11. The maximum Gasteiger partial charge on any atom is 0.332 e. The van der Waals surface area contributed by atoms with Crippen LogP contribution in [-0.2, 0) is 24.3 Å². The monoisotopic (exact) mass is 343 g/mol. The molecule has 126 valence electrons. The summed E-state index contributed by atoms with van der Waals surface area (Å²) < 4.78 is 26.8. The molecule has 0 aliphatic carbocycles. The predicted molar refractivity (Wildman–Crippen MR) is 81.6 cm³/mol. The van der Waals surface area contributed by atoms with Crippen molar-refractivity contribution in [3.8, 4) is 0 Å². The van der Waals surface area contributed by atoms with Gasteiger partial charge < -0.3 is 20.5 Å². The third-order valence-corrected chi connectivity index (χ3v) is 3.50. The number of nitrogens with two attached hydrogens (primary N) is 1. The molecule has 10 heteroatoms. The Bertz CT molecular complexity index is 697. The molecule has 0 unspecified atom stereocenters. The number of carbonyl (C=O) groups is 2. The quantitative estimate of drug-likeness (QED) is 0.363. The molecule has 0 heterocycles. The molecule has 0 aliphatic heterocycles. The first-order valence-corrected chi connectivity index (χ1v) is 7.91. The number of primary sulfonamides is 1. The fourth-order valence-corrected chi connectivity index (χ4v) is 2.00. The number of hydrogen-bond acceptors (Lipinski definition) is 7. The Morgan fingerprint density at radius 1 is 1.30 bits per heavy atom. The lowest BCUT2D eigenvalue weighted by molar-refractivity contribution is -0.135. The topological polar surface area (TPSA) is 148 Å². The lowest BCUT2D eigenvalue weighted by atomic mass is 10.3. The van der Waals surface area contributed by atoms with E-state index < -0.39 is 21.9 Å². The molecule has 1 aromatic rings. The van der Waals surface area contributed by atoms with E-state index >= 15 is 0 Å². The van der Waals surface area contributed by atoms with Crippen LogP contribution in [0.15, 0.2) is 40.9 Å². The van der Waals surface area contributed by atoms with E-state index in [0.717, 1.165) is 13.2 Å². The fraction of sp³-hybridized carbons (Fsp3) is 0.231. The Morgan fingerprint density at radius 3 is 2.39 bits per heavy atom. The van der Waals surface area contributed by atoms with Crippen molar-refractivity contribution in [2.45, 2.75) is 4.90 Å². The van der Waals surface area contributed by atoms with Gasteiger partial charge in [-0.1, -0.05) is 0 Å². The summed E-state index contributed by atoms with van der Waals surface area (Å²) >= 11 is 0. The molecule has 9 nitrogen and oxygen atoms in total. The second kappa shape index (κ2) is 8.27. The largest absolute Gasteiger partial charge is 0.466 e. The fourth-order valence-electron chi connectivity index (χ4n) is 1.48.